The quantitative estimate of drug-likeness (QED) is 0.123. The number of halogens is 2. The molecule has 0 radical (unpaired) electrons. The Morgan fingerprint density at radius 1 is 0.891 bits per heavy atom. The molecule has 1 saturated heterocycles. The van der Waals surface area contributed by atoms with Crippen molar-refractivity contribution in [2.75, 3.05) is 26.2 Å². The number of rotatable bonds is 14. The molecule has 2 N–H and O–H groups in total. The molecular weight excluding hydrogens is 715 g/mol. The van der Waals surface area contributed by atoms with Crippen LogP contribution in [-0.2, 0) is 19.6 Å². The first-order valence-corrected chi connectivity index (χ1v) is 19.9. The molecule has 286 valence electrons. The number of benzene rings is 4. The summed E-state index contributed by atoms with van der Waals surface area (Å²) in [5, 5.41) is 33.4. The van der Waals surface area contributed by atoms with E-state index >= 15 is 0 Å². The molecule has 2 fully saturated rings. The maximum Gasteiger partial charge on any atom is 0.142 e. The third-order valence-electron chi connectivity index (χ3n) is 11.2. The third-order valence-corrected chi connectivity index (χ3v) is 11.5. The van der Waals surface area contributed by atoms with E-state index in [0.717, 1.165) is 86.2 Å². The maximum atomic E-state index is 13.5. The topological polar surface area (TPSA) is 111 Å². The molecule has 1 saturated carbocycles. The minimum Gasteiger partial charge on any atom is -0.493 e. The lowest BCUT2D eigenvalue weighted by molar-refractivity contribution is 0.143. The minimum absolute atomic E-state index is 0.00888. The summed E-state index contributed by atoms with van der Waals surface area (Å²) in [5.41, 5.74) is 8.09. The molecule has 55 heavy (non-hydrogen) atoms. The third kappa shape index (κ3) is 9.26. The Balaban J connectivity index is 1.08. The molecule has 0 aromatic heterocycles. The smallest absolute Gasteiger partial charge is 0.142 e. The van der Waals surface area contributed by atoms with Crippen molar-refractivity contribution in [2.45, 2.75) is 95.9 Å². The molecular formula is C45H48ClFN4O4. The van der Waals surface area contributed by atoms with Gasteiger partial charge in [-0.2, -0.15) is 10.5 Å². The number of ether oxygens (including phenoxy) is 3. The van der Waals surface area contributed by atoms with Crippen molar-refractivity contribution >= 4 is 11.6 Å². The molecule has 1 aliphatic heterocycles. The molecule has 0 amide bonds. The van der Waals surface area contributed by atoms with E-state index in [1.807, 2.05) is 18.2 Å². The number of nitrogens with one attached hydrogen (secondary N) is 1. The fourth-order valence-electron chi connectivity index (χ4n) is 8.23. The maximum absolute atomic E-state index is 13.5. The molecule has 2 aliphatic carbocycles. The molecule has 0 spiro atoms. The van der Waals surface area contributed by atoms with Crippen molar-refractivity contribution in [2.24, 2.45) is 0 Å². The van der Waals surface area contributed by atoms with Crippen molar-refractivity contribution < 1.29 is 23.7 Å². The summed E-state index contributed by atoms with van der Waals surface area (Å²) in [6, 6.07) is 25.5. The summed E-state index contributed by atoms with van der Waals surface area (Å²) < 4.78 is 32.9. The van der Waals surface area contributed by atoms with Crippen molar-refractivity contribution in [3.63, 3.8) is 0 Å². The highest BCUT2D eigenvalue weighted by Crippen LogP contribution is 2.44. The lowest BCUT2D eigenvalue weighted by Crippen LogP contribution is -2.35. The number of nitrogens with zero attached hydrogens (tertiary/aromatic N) is 3. The molecule has 10 heteroatoms. The lowest BCUT2D eigenvalue weighted by Gasteiger charge is -2.28. The van der Waals surface area contributed by atoms with Crippen molar-refractivity contribution in [1.82, 2.24) is 10.2 Å². The Hall–Kier alpha value is -4.64. The highest BCUT2D eigenvalue weighted by atomic mass is 35.5. The van der Waals surface area contributed by atoms with Crippen LogP contribution in [0, 0.1) is 29.6 Å². The predicted octanol–water partition coefficient (Wildman–Crippen LogP) is 8.91. The molecule has 7 rings (SSSR count). The van der Waals surface area contributed by atoms with Gasteiger partial charge >= 0.3 is 0 Å². The first kappa shape index (κ1) is 38.6. The van der Waals surface area contributed by atoms with E-state index in [1.165, 1.54) is 11.1 Å². The highest BCUT2D eigenvalue weighted by molar-refractivity contribution is 6.32. The zero-order valence-electron chi connectivity index (χ0n) is 31.3. The van der Waals surface area contributed by atoms with Crippen LogP contribution >= 0.6 is 11.6 Å². The van der Waals surface area contributed by atoms with E-state index < -0.39 is 12.3 Å². The first-order chi connectivity index (χ1) is 26.8. The molecule has 8 nitrogen and oxygen atoms in total. The van der Waals surface area contributed by atoms with Gasteiger partial charge in [-0.1, -0.05) is 41.9 Å². The van der Waals surface area contributed by atoms with E-state index in [9.17, 15) is 20.0 Å². The SMILES string of the molecule is Cc1c(OCCCN2CCC(F)CC2)cccc1-c1cccc2c1CC[C@@H]2Oc1cc(OCc2cc(C#N)cc(C#N)c2)c(CN[C@H]2CCC[C@H]2O)cc1Cl. The van der Waals surface area contributed by atoms with Crippen LogP contribution in [0.2, 0.25) is 5.02 Å². The normalized spacial score (nSPS) is 19.8. The van der Waals surface area contributed by atoms with Gasteiger partial charge in [-0.3, -0.25) is 0 Å². The van der Waals surface area contributed by atoms with Crippen molar-refractivity contribution in [1.29, 1.82) is 10.5 Å². The number of nitriles is 2. The van der Waals surface area contributed by atoms with Gasteiger partial charge in [0.15, 0.2) is 0 Å². The van der Waals surface area contributed by atoms with Gasteiger partial charge in [0.1, 0.15) is 36.1 Å². The average molecular weight is 763 g/mol. The van der Waals surface area contributed by atoms with Crippen molar-refractivity contribution in [3.05, 3.63) is 111 Å². The molecule has 0 bridgehead atoms. The molecule has 3 aliphatic rings. The Morgan fingerprint density at radius 2 is 1.65 bits per heavy atom. The number of hydrogen-bond acceptors (Lipinski definition) is 8. The number of aliphatic hydroxyl groups is 1. The van der Waals surface area contributed by atoms with Crippen LogP contribution < -0.4 is 19.5 Å². The van der Waals surface area contributed by atoms with Gasteiger partial charge in [-0.15, -0.1) is 0 Å². The predicted molar refractivity (Wildman–Crippen MR) is 211 cm³/mol. The van der Waals surface area contributed by atoms with Crippen LogP contribution in [0.15, 0.2) is 66.7 Å². The lowest BCUT2D eigenvalue weighted by atomic mass is 9.93. The first-order valence-electron chi connectivity index (χ1n) is 19.5. The van der Waals surface area contributed by atoms with Gasteiger partial charge < -0.3 is 29.5 Å². The summed E-state index contributed by atoms with van der Waals surface area (Å²) in [4.78, 5) is 2.33. The molecule has 0 unspecified atom stereocenters. The summed E-state index contributed by atoms with van der Waals surface area (Å²) in [7, 11) is 0. The van der Waals surface area contributed by atoms with Crippen LogP contribution in [0.1, 0.15) is 90.0 Å². The number of piperidine rings is 1. The van der Waals surface area contributed by atoms with Crippen LogP contribution in [-0.4, -0.2) is 54.6 Å². The Kier molecular flexibility index (Phi) is 12.6. The number of hydrogen-bond donors (Lipinski definition) is 2. The van der Waals surface area contributed by atoms with Crippen LogP contribution in [0.4, 0.5) is 4.39 Å². The second-order valence-electron chi connectivity index (χ2n) is 15.0. The van der Waals surface area contributed by atoms with Gasteiger partial charge in [-0.25, -0.2) is 4.39 Å². The van der Waals surface area contributed by atoms with E-state index in [0.29, 0.717) is 59.2 Å². The van der Waals surface area contributed by atoms with E-state index in [1.54, 1.807) is 18.2 Å². The van der Waals surface area contributed by atoms with E-state index in [2.05, 4.69) is 59.6 Å². The number of fused-ring (bicyclic) bond motifs is 1. The molecule has 3 atom stereocenters. The Bertz CT molecular complexity index is 2040. The number of alkyl halides is 1. The van der Waals surface area contributed by atoms with Crippen LogP contribution in [0.25, 0.3) is 11.1 Å². The van der Waals surface area contributed by atoms with E-state index in [-0.39, 0.29) is 18.8 Å². The number of aliphatic hydroxyl groups excluding tert-OH is 1. The molecule has 4 aromatic carbocycles. The monoisotopic (exact) mass is 762 g/mol. The Labute approximate surface area is 328 Å². The molecule has 1 heterocycles. The second-order valence-corrected chi connectivity index (χ2v) is 15.4. The fraction of sp³-hybridized carbons (Fsp3) is 0.422. The largest absolute Gasteiger partial charge is 0.493 e. The summed E-state index contributed by atoms with van der Waals surface area (Å²) in [6.07, 6.45) is 5.15. The Morgan fingerprint density at radius 3 is 2.40 bits per heavy atom. The number of likely N-dealkylation sites (tertiary alicyclic amines) is 1. The standard InChI is InChI=1S/C45H48ClFN4O4/c1-29-35(6-3-11-42(29)53-19-5-16-51-17-14-34(47)15-18-51)36-7-2-8-38-37(36)12-13-43(38)55-45-24-44(54-28-32-21-30(25-48)20-31(22-32)26-49)33(23-39(45)46)27-50-40-9-4-10-41(40)52/h2-3,6-8,11,20-24,34,40-41,43,50,52H,4-5,9-10,12-19,27-28H2,1H3/t40-,41+,43-/m0/s1. The minimum atomic E-state index is -0.658. The second kappa shape index (κ2) is 17.9. The average Bonchev–Trinajstić information content (AvgIpc) is 3.82. The fourth-order valence-corrected chi connectivity index (χ4v) is 8.46. The van der Waals surface area contributed by atoms with Crippen LogP contribution in [0.3, 0.4) is 0 Å². The highest BCUT2D eigenvalue weighted by Gasteiger charge is 2.29. The zero-order valence-corrected chi connectivity index (χ0v) is 32.1. The molecule has 4 aromatic rings. The van der Waals surface area contributed by atoms with Gasteiger partial charge in [0.05, 0.1) is 41.0 Å². The zero-order chi connectivity index (χ0) is 38.3. The van der Waals surface area contributed by atoms with Gasteiger partial charge in [-0.05, 0) is 122 Å². The summed E-state index contributed by atoms with van der Waals surface area (Å²) in [6.45, 7) is 5.86. The van der Waals surface area contributed by atoms with Crippen molar-refractivity contribution in [3.8, 4) is 40.5 Å². The van der Waals surface area contributed by atoms with E-state index in [4.69, 9.17) is 25.8 Å². The summed E-state index contributed by atoms with van der Waals surface area (Å²) >= 11 is 6.93. The van der Waals surface area contributed by atoms with Gasteiger partial charge in [0.25, 0.3) is 0 Å². The summed E-state index contributed by atoms with van der Waals surface area (Å²) in [5.74, 6) is 1.96. The van der Waals surface area contributed by atoms with Crippen LogP contribution in [0.5, 0.6) is 17.2 Å². The van der Waals surface area contributed by atoms with Gasteiger partial charge in [0.2, 0.25) is 0 Å². The van der Waals surface area contributed by atoms with Gasteiger partial charge in [0, 0.05) is 43.9 Å².